The second-order valence-electron chi connectivity index (χ2n) is 6.05. The summed E-state index contributed by atoms with van der Waals surface area (Å²) < 4.78 is 33.3. The van der Waals surface area contributed by atoms with Crippen LogP contribution in [0.25, 0.3) is 33.4 Å². The van der Waals surface area contributed by atoms with Gasteiger partial charge in [0.15, 0.2) is 5.82 Å². The Kier molecular flexibility index (Phi) is 4.57. The molecule has 0 aliphatic rings. The van der Waals surface area contributed by atoms with E-state index in [-0.39, 0.29) is 5.56 Å². The van der Waals surface area contributed by atoms with Crippen molar-refractivity contribution in [2.45, 2.75) is 0 Å². The first-order valence-electron chi connectivity index (χ1n) is 8.54. The number of fused-ring (bicyclic) bond motifs is 1. The second kappa shape index (κ2) is 7.19. The van der Waals surface area contributed by atoms with Gasteiger partial charge in [0.05, 0.1) is 18.0 Å². The Bertz CT molecular complexity index is 1170. The summed E-state index contributed by atoms with van der Waals surface area (Å²) in [4.78, 5) is 13.3. The van der Waals surface area contributed by atoms with Crippen LogP contribution in [0.3, 0.4) is 0 Å². The van der Waals surface area contributed by atoms with E-state index in [2.05, 4.69) is 20.3 Å². The molecule has 0 unspecified atom stereocenters. The molecule has 0 aliphatic carbocycles. The number of pyridine rings is 1. The summed E-state index contributed by atoms with van der Waals surface area (Å²) in [5.74, 6) is 0.140. The molecule has 4 aromatic rings. The molecule has 0 spiro atoms. The third-order valence-corrected chi connectivity index (χ3v) is 4.40. The van der Waals surface area contributed by atoms with Crippen LogP contribution in [0.1, 0.15) is 0 Å². The monoisotopic (exact) mass is 378 g/mol. The Labute approximate surface area is 160 Å². The minimum Gasteiger partial charge on any atom is -0.495 e. The van der Waals surface area contributed by atoms with Crippen LogP contribution in [0.5, 0.6) is 5.75 Å². The largest absolute Gasteiger partial charge is 0.495 e. The Morgan fingerprint density at radius 3 is 2.50 bits per heavy atom. The van der Waals surface area contributed by atoms with Gasteiger partial charge in [0.25, 0.3) is 0 Å². The first-order chi connectivity index (χ1) is 13.6. The smallest absolute Gasteiger partial charge is 0.163 e. The number of nitrogens with zero attached hydrogens (tertiary/aromatic N) is 3. The molecule has 5 nitrogen and oxygen atoms in total. The number of hydrogen-bond donors (Lipinski definition) is 1. The topological polar surface area (TPSA) is 59.9 Å². The van der Waals surface area contributed by atoms with Crippen LogP contribution in [0.15, 0.2) is 54.9 Å². The highest BCUT2D eigenvalue weighted by Gasteiger charge is 2.19. The van der Waals surface area contributed by atoms with Gasteiger partial charge in [-0.15, -0.1) is 0 Å². The van der Waals surface area contributed by atoms with E-state index in [9.17, 15) is 8.78 Å². The van der Waals surface area contributed by atoms with Gasteiger partial charge in [0.1, 0.15) is 23.2 Å². The molecule has 0 saturated heterocycles. The van der Waals surface area contributed by atoms with E-state index >= 15 is 0 Å². The zero-order valence-electron chi connectivity index (χ0n) is 15.2. The number of rotatable bonds is 4. The Balaban J connectivity index is 1.99. The molecule has 140 valence electrons. The fraction of sp³-hybridized carbons (Fsp3) is 0.0952. The van der Waals surface area contributed by atoms with Crippen LogP contribution in [0.4, 0.5) is 14.6 Å². The van der Waals surface area contributed by atoms with Crippen molar-refractivity contribution in [3.63, 3.8) is 0 Å². The van der Waals surface area contributed by atoms with Crippen LogP contribution >= 0.6 is 0 Å². The summed E-state index contributed by atoms with van der Waals surface area (Å²) in [6.45, 7) is 0. The van der Waals surface area contributed by atoms with Crippen LogP contribution in [-0.2, 0) is 0 Å². The van der Waals surface area contributed by atoms with Crippen LogP contribution < -0.4 is 10.1 Å². The first-order valence-corrected chi connectivity index (χ1v) is 8.54. The molecule has 7 heteroatoms. The molecular weight excluding hydrogens is 362 g/mol. The summed E-state index contributed by atoms with van der Waals surface area (Å²) in [5.41, 5.74) is 2.12. The standard InChI is InChI=1S/C21H16F2N4O/c1-24-21-18-17(26-20(27-21)12-4-3-9-25-11-12)8-7-15(19(18)28-2)14-6-5-13(22)10-16(14)23/h3-11H,1-2H3,(H,24,26,27). The lowest BCUT2D eigenvalue weighted by Gasteiger charge is -2.15. The maximum absolute atomic E-state index is 14.4. The molecular formula is C21H16F2N4O. The number of halogens is 2. The molecule has 2 aromatic carbocycles. The van der Waals surface area contributed by atoms with Gasteiger partial charge in [-0.3, -0.25) is 4.98 Å². The van der Waals surface area contributed by atoms with E-state index in [1.165, 1.54) is 19.2 Å². The number of benzene rings is 2. The van der Waals surface area contributed by atoms with E-state index in [0.29, 0.717) is 33.9 Å². The quantitative estimate of drug-likeness (QED) is 0.558. The van der Waals surface area contributed by atoms with Crippen molar-refractivity contribution in [1.82, 2.24) is 15.0 Å². The number of anilines is 1. The summed E-state index contributed by atoms with van der Waals surface area (Å²) in [7, 11) is 3.23. The van der Waals surface area contributed by atoms with Crippen LogP contribution in [0.2, 0.25) is 0 Å². The lowest BCUT2D eigenvalue weighted by Crippen LogP contribution is -2.02. The molecule has 0 saturated carbocycles. The number of nitrogens with one attached hydrogen (secondary N) is 1. The summed E-state index contributed by atoms with van der Waals surface area (Å²) in [5, 5.41) is 3.66. The van der Waals surface area contributed by atoms with E-state index in [4.69, 9.17) is 4.74 Å². The molecule has 4 rings (SSSR count). The van der Waals surface area contributed by atoms with Crippen molar-refractivity contribution in [3.05, 3.63) is 66.5 Å². The van der Waals surface area contributed by atoms with Gasteiger partial charge in [-0.25, -0.2) is 18.7 Å². The predicted octanol–water partition coefficient (Wildman–Crippen LogP) is 4.69. The zero-order chi connectivity index (χ0) is 19.7. The highest BCUT2D eigenvalue weighted by Crippen LogP contribution is 2.40. The number of ether oxygens (including phenoxy) is 1. The number of hydrogen-bond acceptors (Lipinski definition) is 5. The average Bonchev–Trinajstić information content (AvgIpc) is 2.73. The average molecular weight is 378 g/mol. The Morgan fingerprint density at radius 1 is 1.00 bits per heavy atom. The van der Waals surface area contributed by atoms with E-state index in [1.54, 1.807) is 31.6 Å². The molecule has 2 heterocycles. The minimum atomic E-state index is -0.670. The van der Waals surface area contributed by atoms with Gasteiger partial charge in [0, 0.05) is 42.2 Å². The van der Waals surface area contributed by atoms with Crippen LogP contribution in [0, 0.1) is 11.6 Å². The maximum atomic E-state index is 14.4. The van der Waals surface area contributed by atoms with Gasteiger partial charge in [-0.05, 0) is 36.4 Å². The number of aromatic nitrogens is 3. The fourth-order valence-electron chi connectivity index (χ4n) is 3.13. The van der Waals surface area contributed by atoms with Crippen molar-refractivity contribution in [3.8, 4) is 28.3 Å². The molecule has 0 atom stereocenters. The van der Waals surface area contributed by atoms with Crippen molar-refractivity contribution in [1.29, 1.82) is 0 Å². The van der Waals surface area contributed by atoms with Crippen molar-refractivity contribution >= 4 is 16.7 Å². The van der Waals surface area contributed by atoms with Crippen molar-refractivity contribution in [2.24, 2.45) is 0 Å². The zero-order valence-corrected chi connectivity index (χ0v) is 15.2. The van der Waals surface area contributed by atoms with Gasteiger partial charge in [-0.2, -0.15) is 0 Å². The molecule has 1 N–H and O–H groups in total. The highest BCUT2D eigenvalue weighted by atomic mass is 19.1. The summed E-state index contributed by atoms with van der Waals surface area (Å²) in [6, 6.07) is 10.6. The number of methoxy groups -OCH3 is 1. The molecule has 28 heavy (non-hydrogen) atoms. The third-order valence-electron chi connectivity index (χ3n) is 4.40. The van der Waals surface area contributed by atoms with Crippen molar-refractivity contribution < 1.29 is 13.5 Å². The molecule has 0 bridgehead atoms. The lowest BCUT2D eigenvalue weighted by atomic mass is 10.0. The van der Waals surface area contributed by atoms with Crippen LogP contribution in [-0.4, -0.2) is 29.1 Å². The summed E-state index contributed by atoms with van der Waals surface area (Å²) in [6.07, 6.45) is 3.36. The summed E-state index contributed by atoms with van der Waals surface area (Å²) >= 11 is 0. The van der Waals surface area contributed by atoms with Gasteiger partial charge in [0.2, 0.25) is 0 Å². The highest BCUT2D eigenvalue weighted by molar-refractivity contribution is 6.00. The molecule has 0 amide bonds. The normalized spacial score (nSPS) is 10.9. The van der Waals surface area contributed by atoms with Crippen molar-refractivity contribution in [2.75, 3.05) is 19.5 Å². The van der Waals surface area contributed by atoms with E-state index in [1.807, 2.05) is 12.1 Å². The van der Waals surface area contributed by atoms with E-state index < -0.39 is 11.6 Å². The van der Waals surface area contributed by atoms with Gasteiger partial charge >= 0.3 is 0 Å². The second-order valence-corrected chi connectivity index (χ2v) is 6.05. The SMILES string of the molecule is CNc1nc(-c2cccnc2)nc2ccc(-c3ccc(F)cc3F)c(OC)c12. The maximum Gasteiger partial charge on any atom is 0.163 e. The molecule has 0 radical (unpaired) electrons. The minimum absolute atomic E-state index is 0.235. The first kappa shape index (κ1) is 17.8. The lowest BCUT2D eigenvalue weighted by molar-refractivity contribution is 0.421. The third kappa shape index (κ3) is 3.00. The molecule has 0 fully saturated rings. The van der Waals surface area contributed by atoms with Gasteiger partial charge < -0.3 is 10.1 Å². The van der Waals surface area contributed by atoms with Gasteiger partial charge in [-0.1, -0.05) is 0 Å². The predicted molar refractivity (Wildman–Crippen MR) is 104 cm³/mol. The van der Waals surface area contributed by atoms with E-state index in [0.717, 1.165) is 11.6 Å². The Morgan fingerprint density at radius 2 is 1.82 bits per heavy atom. The molecule has 2 aromatic heterocycles. The molecule has 0 aliphatic heterocycles. The fourth-order valence-corrected chi connectivity index (χ4v) is 3.13. The Hall–Kier alpha value is -3.61.